The van der Waals surface area contributed by atoms with Gasteiger partial charge in [-0.05, 0) is 174 Å². The molecule has 26 nitrogen and oxygen atoms in total. The normalized spacial score (nSPS) is 15.1. The van der Waals surface area contributed by atoms with E-state index in [9.17, 15) is 8.78 Å². The lowest BCUT2D eigenvalue weighted by molar-refractivity contribution is 0.568. The van der Waals surface area contributed by atoms with E-state index in [1.54, 1.807) is 105 Å². The van der Waals surface area contributed by atoms with Crippen molar-refractivity contribution in [1.29, 1.82) is 0 Å². The molecule has 0 aliphatic carbocycles. The molecule has 30 heteroatoms. The number of aliphatic imine (C=N–C) groups is 5. The van der Waals surface area contributed by atoms with Gasteiger partial charge in [-0.25, -0.2) is 58.6 Å². The van der Waals surface area contributed by atoms with Crippen LogP contribution in [0.5, 0.6) is 0 Å². The van der Waals surface area contributed by atoms with Gasteiger partial charge in [0.05, 0.1) is 152 Å². The molecular formula is C114H75BrClF2N21O5. The van der Waals surface area contributed by atoms with E-state index in [1.807, 2.05) is 198 Å². The standard InChI is InChI=1S/C23H15BrN4O.C23H15ClN4O.2C23H15FN4O.C22H15N5O/c4*1-3-15-8-9-19-17(10-15)21(16-6-4-5-7-18(16)24)27-14(2)23-22(26-12-28(19)23)20-11-25-13-29-20;1-3-15-7-8-18-16(10-15)20(17-6-4-5-9-24-17)26-14(2)22-21(25-12-27(18)22)19-11-23-13-28-19/h4*1,4-14H,2H3;1,4-14H,2H3/t5*14-/m00000/s1. The molecule has 11 aromatic heterocycles. The number of oxazole rings is 5. The molecule has 0 spiro atoms. The lowest BCUT2D eigenvalue weighted by Gasteiger charge is -2.13. The number of benzene rings is 9. The average molecular weight is 1970 g/mol. The Morgan fingerprint density at radius 2 is 0.549 bits per heavy atom. The number of hydrogen-bond donors (Lipinski definition) is 0. The Morgan fingerprint density at radius 1 is 0.292 bits per heavy atom. The number of halogens is 4. The van der Waals surface area contributed by atoms with E-state index < -0.39 is 0 Å². The Morgan fingerprint density at radius 3 is 0.819 bits per heavy atom. The SMILES string of the molecule is C#Cc1ccc2c(c1)C(c1ccccc1Br)=N[C@@H](C)c1c(-c3cnco3)ncn1-2.C#Cc1ccc2c(c1)C(c1ccccc1Cl)=N[C@@H](C)c1c(-c3cnco3)ncn1-2.C#Cc1ccc2c(c1)C(c1ccccc1F)=N[C@@H](C)c1c(-c3cnco3)ncn1-2.C#Cc1ccc2c(c1)C(c1ccccc1F)=N[C@@H](C)c1c(-c3cnco3)ncn1-2.C#Cc1ccc2c(c1)C(c1ccccn1)=N[C@@H](C)c1c(-c3cnco3)ncn1-2. The van der Waals surface area contributed by atoms with Crippen LogP contribution in [0.25, 0.3) is 85.7 Å². The predicted octanol–water partition coefficient (Wildman–Crippen LogP) is 23.2. The minimum Gasteiger partial charge on any atom is -0.442 e. The maximum absolute atomic E-state index is 14.7. The summed E-state index contributed by atoms with van der Waals surface area (Å²) in [4.78, 5) is 72.4. The molecule has 0 fully saturated rings. The van der Waals surface area contributed by atoms with Gasteiger partial charge in [0.1, 0.15) is 71.7 Å². The molecule has 694 valence electrons. The predicted molar refractivity (Wildman–Crippen MR) is 548 cm³/mol. The minimum absolute atomic E-state index is 0.165. The summed E-state index contributed by atoms with van der Waals surface area (Å²) >= 11 is 10.2. The Labute approximate surface area is 836 Å². The average Bonchev–Trinajstić information content (AvgIpc) is 1.63. The van der Waals surface area contributed by atoms with Crippen molar-refractivity contribution in [3.05, 3.63) is 440 Å². The van der Waals surface area contributed by atoms with E-state index in [0.29, 0.717) is 84.6 Å². The number of pyridine rings is 1. The maximum Gasteiger partial charge on any atom is 0.181 e. The third kappa shape index (κ3) is 17.0. The molecule has 0 amide bonds. The van der Waals surface area contributed by atoms with Gasteiger partial charge in [0.25, 0.3) is 0 Å². The highest BCUT2D eigenvalue weighted by molar-refractivity contribution is 9.10. The Balaban J connectivity index is 0.000000106. The van der Waals surface area contributed by atoms with Crippen LogP contribution in [0.3, 0.4) is 0 Å². The number of imidazole rings is 5. The van der Waals surface area contributed by atoms with Crippen LogP contribution >= 0.6 is 27.5 Å². The summed E-state index contributed by atoms with van der Waals surface area (Å²) in [7, 11) is 0. The van der Waals surface area contributed by atoms with E-state index in [4.69, 9.17) is 90.8 Å². The fraction of sp³-hybridized carbons (Fsp3) is 0.0877. The molecule has 0 saturated heterocycles. The Hall–Kier alpha value is -19.0. The van der Waals surface area contributed by atoms with Gasteiger partial charge >= 0.3 is 0 Å². The second-order valence-electron chi connectivity index (χ2n) is 33.4. The van der Waals surface area contributed by atoms with Gasteiger partial charge in [0.2, 0.25) is 0 Å². The summed E-state index contributed by atoms with van der Waals surface area (Å²) in [6, 6.07) is 62.5. The summed E-state index contributed by atoms with van der Waals surface area (Å²) in [5.74, 6) is 15.7. The number of fused-ring (bicyclic) bond motifs is 15. The van der Waals surface area contributed by atoms with Gasteiger partial charge in [-0.3, -0.25) is 52.8 Å². The molecule has 0 N–H and O–H groups in total. The molecule has 144 heavy (non-hydrogen) atoms. The van der Waals surface area contributed by atoms with Gasteiger partial charge in [-0.15, -0.1) is 32.1 Å². The minimum atomic E-state index is -0.337. The van der Waals surface area contributed by atoms with Crippen molar-refractivity contribution in [3.63, 3.8) is 0 Å². The van der Waals surface area contributed by atoms with Crippen molar-refractivity contribution < 1.29 is 30.9 Å². The molecule has 0 radical (unpaired) electrons. The highest BCUT2D eigenvalue weighted by Crippen LogP contribution is 2.45. The van der Waals surface area contributed by atoms with Crippen molar-refractivity contribution in [1.82, 2.24) is 77.7 Å². The van der Waals surface area contributed by atoms with E-state index in [2.05, 4.69) is 118 Å². The number of terminal acetylenes is 5. The summed E-state index contributed by atoms with van der Waals surface area (Å²) in [5, 5.41) is 0.635. The molecule has 5 aliphatic rings. The third-order valence-corrected chi connectivity index (χ3v) is 25.8. The zero-order valence-electron chi connectivity index (χ0n) is 77.1. The largest absolute Gasteiger partial charge is 0.442 e. The second kappa shape index (κ2) is 39.1. The van der Waals surface area contributed by atoms with Crippen LogP contribution in [0, 0.1) is 73.4 Å². The van der Waals surface area contributed by atoms with Gasteiger partial charge in [-0.1, -0.05) is 124 Å². The number of rotatable bonds is 10. The van der Waals surface area contributed by atoms with E-state index in [1.165, 1.54) is 44.1 Å². The van der Waals surface area contributed by atoms with Crippen LogP contribution in [0.15, 0.2) is 359 Å². The van der Waals surface area contributed by atoms with Gasteiger partial charge in [0, 0.05) is 93.6 Å². The topological polar surface area (TPSA) is 294 Å². The number of nitrogens with zero attached hydrogens (tertiary/aromatic N) is 21. The summed E-state index contributed by atoms with van der Waals surface area (Å²) in [6.07, 6.45) is 54.0. The van der Waals surface area contributed by atoms with Gasteiger partial charge in [0.15, 0.2) is 60.8 Å². The zero-order valence-corrected chi connectivity index (χ0v) is 79.4. The van der Waals surface area contributed by atoms with E-state index >= 15 is 0 Å². The second-order valence-corrected chi connectivity index (χ2v) is 34.6. The highest BCUT2D eigenvalue weighted by Gasteiger charge is 2.36. The van der Waals surface area contributed by atoms with E-state index in [0.717, 1.165) is 151 Å². The first-order chi connectivity index (χ1) is 70.4. The molecule has 0 saturated carbocycles. The fourth-order valence-electron chi connectivity index (χ4n) is 18.3. The van der Waals surface area contributed by atoms with E-state index in [-0.39, 0.29) is 41.8 Å². The molecule has 0 unspecified atom stereocenters. The van der Waals surface area contributed by atoms with Crippen molar-refractivity contribution in [2.45, 2.75) is 64.8 Å². The fourth-order valence-corrected chi connectivity index (χ4v) is 19.0. The van der Waals surface area contributed by atoms with Crippen molar-refractivity contribution in [3.8, 4) is 147 Å². The first kappa shape index (κ1) is 91.4. The molecular weight excluding hydrogens is 1900 g/mol. The maximum atomic E-state index is 14.7. The first-order valence-electron chi connectivity index (χ1n) is 45.1. The lowest BCUT2D eigenvalue weighted by atomic mass is 9.98. The summed E-state index contributed by atoms with van der Waals surface area (Å²) in [5.41, 5.74) is 27.5. The number of hydrogen-bond acceptors (Lipinski definition) is 21. The van der Waals surface area contributed by atoms with Crippen LogP contribution in [0.1, 0.15) is 177 Å². The van der Waals surface area contributed by atoms with Crippen LogP contribution < -0.4 is 0 Å². The van der Waals surface area contributed by atoms with Crippen LogP contribution in [0.2, 0.25) is 5.02 Å². The smallest absolute Gasteiger partial charge is 0.181 e. The lowest BCUT2D eigenvalue weighted by Crippen LogP contribution is -2.09. The molecule has 5 aliphatic heterocycles. The van der Waals surface area contributed by atoms with Crippen LogP contribution in [0.4, 0.5) is 8.78 Å². The molecule has 20 aromatic rings. The van der Waals surface area contributed by atoms with Crippen LogP contribution in [-0.4, -0.2) is 106 Å². The Bertz CT molecular complexity index is 7950. The van der Waals surface area contributed by atoms with Gasteiger partial charge in [-0.2, -0.15) is 0 Å². The highest BCUT2D eigenvalue weighted by atomic mass is 79.9. The first-order valence-corrected chi connectivity index (χ1v) is 46.3. The zero-order chi connectivity index (χ0) is 98.9. The van der Waals surface area contributed by atoms with Gasteiger partial charge < -0.3 is 22.1 Å². The number of aromatic nitrogens is 16. The van der Waals surface area contributed by atoms with Crippen molar-refractivity contribution in [2.75, 3.05) is 0 Å². The quantitative estimate of drug-likeness (QED) is 0.115. The third-order valence-electron chi connectivity index (χ3n) is 24.8. The van der Waals surface area contributed by atoms with Crippen molar-refractivity contribution in [2.24, 2.45) is 25.0 Å². The molecule has 0 bridgehead atoms. The molecule has 25 rings (SSSR count). The molecule has 5 atom stereocenters. The summed E-state index contributed by atoms with van der Waals surface area (Å²) < 4.78 is 67.9. The molecule has 9 aromatic carbocycles. The van der Waals surface area contributed by atoms with Crippen molar-refractivity contribution >= 4 is 56.1 Å². The molecule has 16 heterocycles. The monoisotopic (exact) mass is 1970 g/mol. The summed E-state index contributed by atoms with van der Waals surface area (Å²) in [6.45, 7) is 10.0. The Kier molecular flexibility index (Phi) is 24.8. The van der Waals surface area contributed by atoms with Crippen LogP contribution in [-0.2, 0) is 0 Å².